The molecule has 2 aromatic heterocycles. The molecule has 0 atom stereocenters. The van der Waals surface area contributed by atoms with Crippen LogP contribution in [0, 0.1) is 5.82 Å². The lowest BCUT2D eigenvalue weighted by Crippen LogP contribution is -2.16. The van der Waals surface area contributed by atoms with Gasteiger partial charge in [0.1, 0.15) is 11.6 Å². The Kier molecular flexibility index (Phi) is 5.29. The van der Waals surface area contributed by atoms with Crippen LogP contribution >= 0.6 is 0 Å². The number of aromatic nitrogens is 3. The second-order valence-corrected chi connectivity index (χ2v) is 7.90. The fourth-order valence-corrected chi connectivity index (χ4v) is 4.27. The summed E-state index contributed by atoms with van der Waals surface area (Å²) in [5.74, 6) is -0.832. The number of amides is 2. The predicted octanol–water partition coefficient (Wildman–Crippen LogP) is 3.56. The normalized spacial score (nSPS) is 11.9. The minimum Gasteiger partial charge on any atom is -0.372 e. The lowest BCUT2D eigenvalue weighted by Gasteiger charge is -2.20. The molecule has 0 bridgehead atoms. The van der Waals surface area contributed by atoms with Gasteiger partial charge in [-0.15, -0.1) is 0 Å². The van der Waals surface area contributed by atoms with E-state index in [4.69, 9.17) is 5.73 Å². The van der Waals surface area contributed by atoms with Crippen LogP contribution in [-0.4, -0.2) is 33.6 Å². The van der Waals surface area contributed by atoms with Gasteiger partial charge in [-0.3, -0.25) is 9.59 Å². The third-order valence-corrected chi connectivity index (χ3v) is 5.84. The van der Waals surface area contributed by atoms with E-state index in [1.165, 1.54) is 12.1 Å². The molecule has 0 saturated carbocycles. The zero-order valence-corrected chi connectivity index (χ0v) is 18.3. The number of nitrogens with zero attached hydrogens (tertiary/aromatic N) is 3. The molecule has 0 saturated heterocycles. The van der Waals surface area contributed by atoms with E-state index in [9.17, 15) is 14.0 Å². The van der Waals surface area contributed by atoms with Gasteiger partial charge in [-0.05, 0) is 66.9 Å². The number of halogens is 1. The van der Waals surface area contributed by atoms with E-state index in [-0.39, 0.29) is 17.4 Å². The number of hydrogen-bond acceptors (Lipinski definition) is 5. The van der Waals surface area contributed by atoms with Crippen molar-refractivity contribution in [1.29, 1.82) is 0 Å². The second-order valence-electron chi connectivity index (χ2n) is 7.90. The smallest absolute Gasteiger partial charge is 0.269 e. The molecule has 9 heteroatoms. The second kappa shape index (κ2) is 8.43. The number of hydrogen-bond donors (Lipinski definition) is 3. The van der Waals surface area contributed by atoms with E-state index in [0.717, 1.165) is 16.7 Å². The van der Waals surface area contributed by atoms with Gasteiger partial charge >= 0.3 is 0 Å². The van der Waals surface area contributed by atoms with Crippen LogP contribution in [-0.2, 0) is 12.8 Å². The number of benzene rings is 2. The van der Waals surface area contributed by atoms with E-state index in [2.05, 4.69) is 20.7 Å². The number of aryl methyl sites for hydroxylation is 1. The maximum Gasteiger partial charge on any atom is 0.269 e. The van der Waals surface area contributed by atoms with E-state index in [0.29, 0.717) is 41.3 Å². The van der Waals surface area contributed by atoms with Gasteiger partial charge in [0.15, 0.2) is 5.69 Å². The third-order valence-electron chi connectivity index (χ3n) is 5.84. The van der Waals surface area contributed by atoms with Crippen molar-refractivity contribution in [2.45, 2.75) is 12.8 Å². The van der Waals surface area contributed by atoms with E-state index in [1.54, 1.807) is 42.2 Å². The SMILES string of the molecule is CNc1ncccc1C(=O)Nc1ccc2c(c1)-c1c(c(C(N)=O)nn1-c1ccc(F)cc1)CC2. The van der Waals surface area contributed by atoms with Crippen molar-refractivity contribution >= 4 is 23.3 Å². The van der Waals surface area contributed by atoms with Gasteiger partial charge < -0.3 is 16.4 Å². The maximum atomic E-state index is 13.5. The Balaban J connectivity index is 1.60. The molecule has 4 N–H and O–H groups in total. The summed E-state index contributed by atoms with van der Waals surface area (Å²) in [5.41, 5.74) is 10.7. The summed E-state index contributed by atoms with van der Waals surface area (Å²) < 4.78 is 15.1. The minimum atomic E-state index is -0.624. The van der Waals surface area contributed by atoms with E-state index in [1.807, 2.05) is 18.2 Å². The first kappa shape index (κ1) is 21.3. The fraction of sp³-hybridized carbons (Fsp3) is 0.120. The van der Waals surface area contributed by atoms with Gasteiger partial charge in [-0.25, -0.2) is 14.1 Å². The molecule has 0 spiro atoms. The topological polar surface area (TPSA) is 115 Å². The Morgan fingerprint density at radius 3 is 2.62 bits per heavy atom. The predicted molar refractivity (Wildman–Crippen MR) is 127 cm³/mol. The number of carbonyl (C=O) groups excluding carboxylic acids is 2. The monoisotopic (exact) mass is 456 g/mol. The number of pyridine rings is 1. The van der Waals surface area contributed by atoms with Crippen molar-refractivity contribution in [3.05, 3.63) is 89.0 Å². The van der Waals surface area contributed by atoms with E-state index < -0.39 is 5.91 Å². The Labute approximate surface area is 194 Å². The highest BCUT2D eigenvalue weighted by atomic mass is 19.1. The molecule has 1 aliphatic carbocycles. The summed E-state index contributed by atoms with van der Waals surface area (Å²) in [6.07, 6.45) is 2.89. The third kappa shape index (κ3) is 3.66. The number of fused-ring (bicyclic) bond motifs is 3. The Morgan fingerprint density at radius 2 is 1.88 bits per heavy atom. The average molecular weight is 456 g/mol. The zero-order chi connectivity index (χ0) is 23.8. The molecular weight excluding hydrogens is 435 g/mol. The molecular formula is C25H21FN6O2. The van der Waals surface area contributed by atoms with Crippen LogP contribution in [0.3, 0.4) is 0 Å². The molecule has 5 rings (SSSR count). The van der Waals surface area contributed by atoms with Crippen LogP contribution in [0.25, 0.3) is 16.9 Å². The fourth-order valence-electron chi connectivity index (χ4n) is 4.27. The lowest BCUT2D eigenvalue weighted by atomic mass is 9.88. The highest BCUT2D eigenvalue weighted by molar-refractivity contribution is 6.07. The van der Waals surface area contributed by atoms with Crippen LogP contribution in [0.15, 0.2) is 60.8 Å². The van der Waals surface area contributed by atoms with Crippen molar-refractivity contribution in [3.8, 4) is 16.9 Å². The molecule has 0 unspecified atom stereocenters. The van der Waals surface area contributed by atoms with Crippen LogP contribution < -0.4 is 16.4 Å². The van der Waals surface area contributed by atoms with Gasteiger partial charge in [0.05, 0.1) is 16.9 Å². The number of carbonyl (C=O) groups is 2. The van der Waals surface area contributed by atoms with Crippen molar-refractivity contribution < 1.29 is 14.0 Å². The van der Waals surface area contributed by atoms with E-state index >= 15 is 0 Å². The molecule has 8 nitrogen and oxygen atoms in total. The maximum absolute atomic E-state index is 13.5. The number of nitrogens with two attached hydrogens (primary N) is 1. The summed E-state index contributed by atoms with van der Waals surface area (Å²) in [4.78, 5) is 29.2. The summed E-state index contributed by atoms with van der Waals surface area (Å²) in [6, 6.07) is 14.9. The van der Waals surface area contributed by atoms with Crippen molar-refractivity contribution in [3.63, 3.8) is 0 Å². The zero-order valence-electron chi connectivity index (χ0n) is 18.3. The molecule has 170 valence electrons. The first-order valence-corrected chi connectivity index (χ1v) is 10.7. The summed E-state index contributed by atoms with van der Waals surface area (Å²) >= 11 is 0. The van der Waals surface area contributed by atoms with Crippen molar-refractivity contribution in [1.82, 2.24) is 14.8 Å². The highest BCUT2D eigenvalue weighted by Crippen LogP contribution is 2.38. The van der Waals surface area contributed by atoms with Crippen LogP contribution in [0.5, 0.6) is 0 Å². The van der Waals surface area contributed by atoms with Gasteiger partial charge in [0.2, 0.25) is 0 Å². The largest absolute Gasteiger partial charge is 0.372 e. The Bertz CT molecular complexity index is 1430. The summed E-state index contributed by atoms with van der Waals surface area (Å²) in [7, 11) is 1.70. The van der Waals surface area contributed by atoms with Gasteiger partial charge in [-0.1, -0.05) is 6.07 Å². The molecule has 0 radical (unpaired) electrons. The van der Waals surface area contributed by atoms with Crippen molar-refractivity contribution in [2.24, 2.45) is 5.73 Å². The summed E-state index contributed by atoms with van der Waals surface area (Å²) in [5, 5.41) is 10.3. The molecule has 0 fully saturated rings. The molecule has 0 aliphatic heterocycles. The Morgan fingerprint density at radius 1 is 1.09 bits per heavy atom. The van der Waals surface area contributed by atoms with Gasteiger partial charge in [-0.2, -0.15) is 5.10 Å². The first-order chi connectivity index (χ1) is 16.5. The quantitative estimate of drug-likeness (QED) is 0.425. The standard InChI is InChI=1S/C25H21FN6O2/c1-28-24-19(3-2-12-29-24)25(34)30-16-8-4-14-5-11-18-21(23(27)33)31-32(22(18)20(14)13-16)17-9-6-15(26)7-10-17/h2-4,6-10,12-13H,5,11H2,1H3,(H2,27,33)(H,28,29)(H,30,34). The van der Waals surface area contributed by atoms with Gasteiger partial charge in [0, 0.05) is 30.1 Å². The molecule has 2 amide bonds. The number of primary amides is 1. The lowest BCUT2D eigenvalue weighted by molar-refractivity contribution is 0.0992. The van der Waals surface area contributed by atoms with Crippen LogP contribution in [0.2, 0.25) is 0 Å². The molecule has 2 heterocycles. The van der Waals surface area contributed by atoms with Crippen LogP contribution in [0.4, 0.5) is 15.9 Å². The minimum absolute atomic E-state index is 0.188. The van der Waals surface area contributed by atoms with Crippen LogP contribution in [0.1, 0.15) is 32.0 Å². The van der Waals surface area contributed by atoms with Crippen molar-refractivity contribution in [2.75, 3.05) is 17.7 Å². The van der Waals surface area contributed by atoms with Gasteiger partial charge in [0.25, 0.3) is 11.8 Å². The number of rotatable bonds is 5. The molecule has 4 aromatic rings. The first-order valence-electron chi connectivity index (χ1n) is 10.7. The molecule has 34 heavy (non-hydrogen) atoms. The average Bonchev–Trinajstić information content (AvgIpc) is 3.25. The number of nitrogens with one attached hydrogen (secondary N) is 2. The molecule has 1 aliphatic rings. The molecule has 2 aromatic carbocycles. The highest BCUT2D eigenvalue weighted by Gasteiger charge is 2.28. The summed E-state index contributed by atoms with van der Waals surface area (Å²) in [6.45, 7) is 0. The Hall–Kier alpha value is -4.53. The number of anilines is 2.